The zero-order valence-electron chi connectivity index (χ0n) is 11.1. The number of carboxylic acids is 1. The third kappa shape index (κ3) is 4.37. The van der Waals surface area contributed by atoms with Crippen LogP contribution in [0.5, 0.6) is 5.75 Å². The lowest BCUT2D eigenvalue weighted by molar-refractivity contribution is -0.150. The number of hydrogen-bond donors (Lipinski definition) is 1. The number of benzene rings is 1. The second kappa shape index (κ2) is 7.01. The molecule has 4 heteroatoms. The zero-order chi connectivity index (χ0) is 13.5. The number of carboxylic acid groups (broad SMARTS) is 1. The van der Waals surface area contributed by atoms with Crippen LogP contribution >= 0.6 is 0 Å². The Labute approximate surface area is 108 Å². The normalized spacial score (nSPS) is 12.4. The molecule has 0 spiro atoms. The number of aliphatic carboxylic acids is 1. The van der Waals surface area contributed by atoms with Crippen LogP contribution in [0.25, 0.3) is 0 Å². The van der Waals surface area contributed by atoms with Gasteiger partial charge in [0.15, 0.2) is 6.10 Å². The smallest absolute Gasteiger partial charge is 0.333 e. The van der Waals surface area contributed by atoms with E-state index in [1.54, 1.807) is 7.11 Å². The first-order valence-corrected chi connectivity index (χ1v) is 6.01. The molecule has 0 aliphatic rings. The maximum atomic E-state index is 11.2. The van der Waals surface area contributed by atoms with Crippen LogP contribution in [0.15, 0.2) is 24.3 Å². The van der Waals surface area contributed by atoms with Crippen molar-refractivity contribution in [1.29, 1.82) is 0 Å². The third-order valence-corrected chi connectivity index (χ3v) is 2.50. The average Bonchev–Trinajstić information content (AvgIpc) is 2.34. The number of rotatable bonds is 7. The molecule has 0 unspecified atom stereocenters. The third-order valence-electron chi connectivity index (χ3n) is 2.50. The van der Waals surface area contributed by atoms with Crippen molar-refractivity contribution in [3.63, 3.8) is 0 Å². The first-order chi connectivity index (χ1) is 8.54. The van der Waals surface area contributed by atoms with Gasteiger partial charge in [-0.3, -0.25) is 0 Å². The standard InChI is InChI=1S/C14H20O4/c1-10(2)9-18-13(14(15)16)8-11-6-4-5-7-12(11)17-3/h4-7,10,13H,8-9H2,1-3H3,(H,15,16)/t13-/m0/s1. The molecule has 0 fully saturated rings. The molecule has 4 nitrogen and oxygen atoms in total. The van der Waals surface area contributed by atoms with E-state index in [1.165, 1.54) is 0 Å². The van der Waals surface area contributed by atoms with Gasteiger partial charge in [0.25, 0.3) is 0 Å². The maximum Gasteiger partial charge on any atom is 0.333 e. The van der Waals surface area contributed by atoms with Crippen LogP contribution in [-0.2, 0) is 16.0 Å². The average molecular weight is 252 g/mol. The lowest BCUT2D eigenvalue weighted by atomic mass is 10.1. The number of methoxy groups -OCH3 is 1. The summed E-state index contributed by atoms with van der Waals surface area (Å²) in [5, 5.41) is 9.15. The molecule has 0 radical (unpaired) electrons. The van der Waals surface area contributed by atoms with E-state index < -0.39 is 12.1 Å². The van der Waals surface area contributed by atoms with Crippen molar-refractivity contribution in [3.8, 4) is 5.75 Å². The Morgan fingerprint density at radius 3 is 2.56 bits per heavy atom. The lowest BCUT2D eigenvalue weighted by Crippen LogP contribution is -2.28. The summed E-state index contributed by atoms with van der Waals surface area (Å²) in [7, 11) is 1.57. The van der Waals surface area contributed by atoms with Gasteiger partial charge < -0.3 is 14.6 Å². The Balaban J connectivity index is 2.73. The zero-order valence-corrected chi connectivity index (χ0v) is 11.1. The summed E-state index contributed by atoms with van der Waals surface area (Å²) in [4.78, 5) is 11.2. The Hall–Kier alpha value is -1.55. The van der Waals surface area contributed by atoms with Gasteiger partial charge in [0.2, 0.25) is 0 Å². The van der Waals surface area contributed by atoms with Gasteiger partial charge in [0.05, 0.1) is 13.7 Å². The summed E-state index contributed by atoms with van der Waals surface area (Å²) in [6, 6.07) is 7.39. The van der Waals surface area contributed by atoms with Gasteiger partial charge in [-0.1, -0.05) is 32.0 Å². The molecule has 18 heavy (non-hydrogen) atoms. The summed E-state index contributed by atoms with van der Waals surface area (Å²) in [5.74, 6) is 0.0583. The topological polar surface area (TPSA) is 55.8 Å². The van der Waals surface area contributed by atoms with E-state index in [-0.39, 0.29) is 0 Å². The first kappa shape index (κ1) is 14.5. The van der Waals surface area contributed by atoms with Crippen molar-refractivity contribution >= 4 is 5.97 Å². The van der Waals surface area contributed by atoms with Crippen molar-refractivity contribution in [1.82, 2.24) is 0 Å². The minimum Gasteiger partial charge on any atom is -0.496 e. The quantitative estimate of drug-likeness (QED) is 0.809. The highest BCUT2D eigenvalue weighted by atomic mass is 16.5. The second-order valence-electron chi connectivity index (χ2n) is 4.57. The van der Waals surface area contributed by atoms with Crippen LogP contribution < -0.4 is 4.74 Å². The molecule has 0 aliphatic heterocycles. The molecule has 0 aliphatic carbocycles. The largest absolute Gasteiger partial charge is 0.496 e. The molecular weight excluding hydrogens is 232 g/mol. The highest BCUT2D eigenvalue weighted by Gasteiger charge is 2.20. The van der Waals surface area contributed by atoms with E-state index in [1.807, 2.05) is 38.1 Å². The summed E-state index contributed by atoms with van der Waals surface area (Å²) in [6.07, 6.45) is -0.518. The van der Waals surface area contributed by atoms with Crippen LogP contribution in [0.4, 0.5) is 0 Å². The molecule has 0 saturated heterocycles. The van der Waals surface area contributed by atoms with E-state index in [0.717, 1.165) is 5.56 Å². The summed E-state index contributed by atoms with van der Waals surface area (Å²) >= 11 is 0. The van der Waals surface area contributed by atoms with E-state index in [9.17, 15) is 4.79 Å². The molecule has 0 bridgehead atoms. The highest BCUT2D eigenvalue weighted by Crippen LogP contribution is 2.20. The molecule has 1 atom stereocenters. The number of para-hydroxylation sites is 1. The Morgan fingerprint density at radius 1 is 1.33 bits per heavy atom. The highest BCUT2D eigenvalue weighted by molar-refractivity contribution is 5.73. The molecule has 1 N–H and O–H groups in total. The molecule has 1 rings (SSSR count). The summed E-state index contributed by atoms with van der Waals surface area (Å²) in [6.45, 7) is 4.41. The van der Waals surface area contributed by atoms with Crippen molar-refractivity contribution < 1.29 is 19.4 Å². The molecule has 0 aromatic heterocycles. The van der Waals surface area contributed by atoms with Crippen LogP contribution in [0, 0.1) is 5.92 Å². The van der Waals surface area contributed by atoms with Crippen molar-refractivity contribution in [2.24, 2.45) is 5.92 Å². The molecule has 0 heterocycles. The molecule has 100 valence electrons. The Morgan fingerprint density at radius 2 is 2.00 bits per heavy atom. The van der Waals surface area contributed by atoms with Gasteiger partial charge >= 0.3 is 5.97 Å². The van der Waals surface area contributed by atoms with Gasteiger partial charge in [-0.05, 0) is 17.5 Å². The molecular formula is C14H20O4. The molecule has 0 amide bonds. The fourth-order valence-electron chi connectivity index (χ4n) is 1.60. The SMILES string of the molecule is COc1ccccc1C[C@H](OCC(C)C)C(=O)O. The predicted molar refractivity (Wildman–Crippen MR) is 68.9 cm³/mol. The fraction of sp³-hybridized carbons (Fsp3) is 0.500. The van der Waals surface area contributed by atoms with Gasteiger partial charge in [-0.2, -0.15) is 0 Å². The number of ether oxygens (including phenoxy) is 2. The molecule has 1 aromatic rings. The first-order valence-electron chi connectivity index (χ1n) is 6.01. The van der Waals surface area contributed by atoms with Gasteiger partial charge in [-0.15, -0.1) is 0 Å². The van der Waals surface area contributed by atoms with E-state index in [0.29, 0.717) is 24.7 Å². The Bertz CT molecular complexity index is 387. The minimum absolute atomic E-state index is 0.310. The lowest BCUT2D eigenvalue weighted by Gasteiger charge is -2.16. The van der Waals surface area contributed by atoms with E-state index in [4.69, 9.17) is 14.6 Å². The van der Waals surface area contributed by atoms with Crippen molar-refractivity contribution in [2.45, 2.75) is 26.4 Å². The number of carbonyl (C=O) groups is 1. The predicted octanol–water partition coefficient (Wildman–Crippen LogP) is 2.36. The van der Waals surface area contributed by atoms with Crippen LogP contribution in [0.1, 0.15) is 19.4 Å². The van der Waals surface area contributed by atoms with Gasteiger partial charge in [0.1, 0.15) is 5.75 Å². The second-order valence-corrected chi connectivity index (χ2v) is 4.57. The minimum atomic E-state index is -0.943. The van der Waals surface area contributed by atoms with Gasteiger partial charge in [0, 0.05) is 6.42 Å². The van der Waals surface area contributed by atoms with Crippen LogP contribution in [0.3, 0.4) is 0 Å². The van der Waals surface area contributed by atoms with E-state index in [2.05, 4.69) is 0 Å². The summed E-state index contributed by atoms with van der Waals surface area (Å²) < 4.78 is 10.6. The molecule has 1 aromatic carbocycles. The van der Waals surface area contributed by atoms with Gasteiger partial charge in [-0.25, -0.2) is 4.79 Å². The van der Waals surface area contributed by atoms with E-state index >= 15 is 0 Å². The van der Waals surface area contributed by atoms with Crippen molar-refractivity contribution in [3.05, 3.63) is 29.8 Å². The summed E-state index contributed by atoms with van der Waals surface area (Å²) in [5.41, 5.74) is 0.844. The van der Waals surface area contributed by atoms with Crippen LogP contribution in [0.2, 0.25) is 0 Å². The number of hydrogen-bond acceptors (Lipinski definition) is 3. The monoisotopic (exact) mass is 252 g/mol. The Kier molecular flexibility index (Phi) is 5.65. The van der Waals surface area contributed by atoms with Crippen molar-refractivity contribution in [2.75, 3.05) is 13.7 Å². The molecule has 0 saturated carbocycles. The van der Waals surface area contributed by atoms with Crippen LogP contribution in [-0.4, -0.2) is 30.9 Å². The fourth-order valence-corrected chi connectivity index (χ4v) is 1.60. The maximum absolute atomic E-state index is 11.2.